The SMILES string of the molecule is CCc1cc(C)c(NC(=O)O)cc1C(=O)N1CCC(F)(c2ccc(C#N)cc2)CC1. The number of rotatable bonds is 4. The second-order valence-electron chi connectivity index (χ2n) is 7.55. The molecular weight excluding hydrogens is 385 g/mol. The lowest BCUT2D eigenvalue weighted by Crippen LogP contribution is -2.43. The fourth-order valence-electron chi connectivity index (χ4n) is 3.88. The highest BCUT2D eigenvalue weighted by molar-refractivity contribution is 5.98. The molecular formula is C23H24FN3O3. The van der Waals surface area contributed by atoms with Crippen LogP contribution in [0.1, 0.15) is 52.4 Å². The molecule has 2 amide bonds. The summed E-state index contributed by atoms with van der Waals surface area (Å²) in [5, 5.41) is 20.3. The van der Waals surface area contributed by atoms with Gasteiger partial charge in [0.15, 0.2) is 0 Å². The Labute approximate surface area is 174 Å². The summed E-state index contributed by atoms with van der Waals surface area (Å²) in [7, 11) is 0. The molecule has 0 unspecified atom stereocenters. The molecule has 0 radical (unpaired) electrons. The third kappa shape index (κ3) is 4.28. The number of anilines is 1. The third-order valence-electron chi connectivity index (χ3n) is 5.68. The number of piperidine rings is 1. The first-order chi connectivity index (χ1) is 14.3. The molecule has 1 aliphatic heterocycles. The third-order valence-corrected chi connectivity index (χ3v) is 5.68. The number of alkyl halides is 1. The highest BCUT2D eigenvalue weighted by Crippen LogP contribution is 2.37. The molecule has 0 aliphatic carbocycles. The number of carboxylic acid groups (broad SMARTS) is 1. The number of nitrogens with zero attached hydrogens (tertiary/aromatic N) is 2. The molecule has 30 heavy (non-hydrogen) atoms. The number of carbonyl (C=O) groups is 2. The number of halogens is 1. The second-order valence-corrected chi connectivity index (χ2v) is 7.55. The van der Waals surface area contributed by atoms with E-state index in [1.54, 1.807) is 42.2 Å². The van der Waals surface area contributed by atoms with Crippen LogP contribution in [-0.4, -0.2) is 35.1 Å². The van der Waals surface area contributed by atoms with Crippen LogP contribution in [0, 0.1) is 18.3 Å². The van der Waals surface area contributed by atoms with Crippen molar-refractivity contribution in [2.24, 2.45) is 0 Å². The van der Waals surface area contributed by atoms with E-state index in [4.69, 9.17) is 10.4 Å². The zero-order valence-corrected chi connectivity index (χ0v) is 17.0. The zero-order chi connectivity index (χ0) is 21.9. The molecule has 2 aromatic rings. The van der Waals surface area contributed by atoms with Gasteiger partial charge < -0.3 is 10.0 Å². The number of aryl methyl sites for hydroxylation is 2. The van der Waals surface area contributed by atoms with E-state index in [0.717, 1.165) is 11.1 Å². The fraction of sp³-hybridized carbons (Fsp3) is 0.348. The van der Waals surface area contributed by atoms with E-state index in [9.17, 15) is 9.59 Å². The van der Waals surface area contributed by atoms with Crippen molar-refractivity contribution in [3.05, 3.63) is 64.2 Å². The van der Waals surface area contributed by atoms with Crippen LogP contribution in [0.25, 0.3) is 0 Å². The summed E-state index contributed by atoms with van der Waals surface area (Å²) < 4.78 is 15.5. The maximum Gasteiger partial charge on any atom is 0.409 e. The lowest BCUT2D eigenvalue weighted by Gasteiger charge is -2.37. The van der Waals surface area contributed by atoms with Gasteiger partial charge >= 0.3 is 6.09 Å². The molecule has 0 bridgehead atoms. The maximum absolute atomic E-state index is 15.5. The Morgan fingerprint density at radius 2 is 1.87 bits per heavy atom. The van der Waals surface area contributed by atoms with Crippen molar-refractivity contribution in [3.8, 4) is 6.07 Å². The number of hydrogen-bond acceptors (Lipinski definition) is 3. The average Bonchev–Trinajstić information content (AvgIpc) is 2.74. The Morgan fingerprint density at radius 1 is 1.23 bits per heavy atom. The Balaban J connectivity index is 1.79. The van der Waals surface area contributed by atoms with E-state index in [-0.39, 0.29) is 31.8 Å². The smallest absolute Gasteiger partial charge is 0.409 e. The molecule has 0 aromatic heterocycles. The Hall–Kier alpha value is -3.40. The van der Waals surface area contributed by atoms with Gasteiger partial charge in [0.1, 0.15) is 5.67 Å². The molecule has 7 heteroatoms. The fourth-order valence-corrected chi connectivity index (χ4v) is 3.88. The molecule has 2 N–H and O–H groups in total. The summed E-state index contributed by atoms with van der Waals surface area (Å²) in [6, 6.07) is 11.9. The molecule has 1 heterocycles. The summed E-state index contributed by atoms with van der Waals surface area (Å²) in [5.41, 5.74) is 1.85. The van der Waals surface area contributed by atoms with Gasteiger partial charge in [-0.15, -0.1) is 0 Å². The average molecular weight is 409 g/mol. The molecule has 0 spiro atoms. The van der Waals surface area contributed by atoms with Crippen LogP contribution < -0.4 is 5.32 Å². The van der Waals surface area contributed by atoms with Crippen molar-refractivity contribution in [2.45, 2.75) is 38.8 Å². The number of amides is 2. The van der Waals surface area contributed by atoms with Crippen molar-refractivity contribution in [1.29, 1.82) is 5.26 Å². The maximum atomic E-state index is 15.5. The monoisotopic (exact) mass is 409 g/mol. The number of carbonyl (C=O) groups excluding carboxylic acids is 1. The van der Waals surface area contributed by atoms with Crippen LogP contribution in [0.2, 0.25) is 0 Å². The van der Waals surface area contributed by atoms with Crippen LogP contribution >= 0.6 is 0 Å². The summed E-state index contributed by atoms with van der Waals surface area (Å²) in [4.78, 5) is 25.8. The van der Waals surface area contributed by atoms with Gasteiger partial charge in [0.2, 0.25) is 0 Å². The summed E-state index contributed by atoms with van der Waals surface area (Å²) in [5.74, 6) is -0.220. The molecule has 0 saturated carbocycles. The molecule has 1 saturated heterocycles. The van der Waals surface area contributed by atoms with Crippen LogP contribution in [0.5, 0.6) is 0 Å². The standard InChI is InChI=1S/C23H24FN3O3/c1-3-17-12-15(2)20(26-22(29)30)13-19(17)21(28)27-10-8-23(24,9-11-27)18-6-4-16(14-25)5-7-18/h4-7,12-13,26H,3,8-11H2,1-2H3,(H,29,30). The highest BCUT2D eigenvalue weighted by Gasteiger charge is 2.38. The van der Waals surface area contributed by atoms with Crippen LogP contribution in [0.4, 0.5) is 14.9 Å². The molecule has 156 valence electrons. The molecule has 2 aromatic carbocycles. The van der Waals surface area contributed by atoms with E-state index >= 15 is 4.39 Å². The quantitative estimate of drug-likeness (QED) is 0.770. The minimum absolute atomic E-state index is 0.165. The van der Waals surface area contributed by atoms with Gasteiger partial charge in [0, 0.05) is 37.2 Å². The predicted octanol–water partition coefficient (Wildman–Crippen LogP) is 4.62. The molecule has 0 atom stereocenters. The Morgan fingerprint density at radius 3 is 2.40 bits per heavy atom. The van der Waals surface area contributed by atoms with Crippen molar-refractivity contribution in [2.75, 3.05) is 18.4 Å². The van der Waals surface area contributed by atoms with E-state index in [2.05, 4.69) is 5.32 Å². The molecule has 3 rings (SSSR count). The number of hydrogen-bond donors (Lipinski definition) is 2. The minimum atomic E-state index is -1.54. The molecule has 6 nitrogen and oxygen atoms in total. The zero-order valence-electron chi connectivity index (χ0n) is 17.0. The van der Waals surface area contributed by atoms with E-state index in [0.29, 0.717) is 28.8 Å². The Kier molecular flexibility index (Phi) is 6.06. The van der Waals surface area contributed by atoms with E-state index < -0.39 is 11.8 Å². The van der Waals surface area contributed by atoms with Crippen LogP contribution in [-0.2, 0) is 12.1 Å². The first-order valence-corrected chi connectivity index (χ1v) is 9.89. The molecule has 1 aliphatic rings. The first kappa shape index (κ1) is 21.3. The van der Waals surface area contributed by atoms with Crippen LogP contribution in [0.15, 0.2) is 36.4 Å². The number of nitriles is 1. The van der Waals surface area contributed by atoms with Gasteiger partial charge in [-0.05, 0) is 48.2 Å². The van der Waals surface area contributed by atoms with Crippen molar-refractivity contribution in [3.63, 3.8) is 0 Å². The predicted molar refractivity (Wildman–Crippen MR) is 111 cm³/mol. The topological polar surface area (TPSA) is 93.4 Å². The molecule has 1 fully saturated rings. The van der Waals surface area contributed by atoms with Crippen molar-refractivity contribution in [1.82, 2.24) is 4.90 Å². The van der Waals surface area contributed by atoms with Gasteiger partial charge in [-0.2, -0.15) is 5.26 Å². The van der Waals surface area contributed by atoms with Gasteiger partial charge in [0.05, 0.1) is 11.6 Å². The lowest BCUT2D eigenvalue weighted by molar-refractivity contribution is 0.0420. The normalized spacial score (nSPS) is 15.3. The Bertz CT molecular complexity index is 1000. The van der Waals surface area contributed by atoms with Gasteiger partial charge in [-0.3, -0.25) is 10.1 Å². The van der Waals surface area contributed by atoms with Gasteiger partial charge in [0.25, 0.3) is 5.91 Å². The van der Waals surface area contributed by atoms with Crippen molar-refractivity contribution < 1.29 is 19.1 Å². The van der Waals surface area contributed by atoms with Gasteiger partial charge in [-0.1, -0.05) is 25.1 Å². The van der Waals surface area contributed by atoms with E-state index in [1.165, 1.54) is 0 Å². The largest absolute Gasteiger partial charge is 0.465 e. The van der Waals surface area contributed by atoms with Crippen LogP contribution in [0.3, 0.4) is 0 Å². The summed E-state index contributed by atoms with van der Waals surface area (Å²) in [6.45, 7) is 4.24. The minimum Gasteiger partial charge on any atom is -0.465 e. The number of benzene rings is 2. The first-order valence-electron chi connectivity index (χ1n) is 9.89. The second kappa shape index (κ2) is 8.54. The summed E-state index contributed by atoms with van der Waals surface area (Å²) in [6.07, 6.45) is -0.235. The van der Waals surface area contributed by atoms with Crippen molar-refractivity contribution >= 4 is 17.7 Å². The summed E-state index contributed by atoms with van der Waals surface area (Å²) >= 11 is 0. The number of nitrogens with one attached hydrogen (secondary N) is 1. The highest BCUT2D eigenvalue weighted by atomic mass is 19.1. The van der Waals surface area contributed by atoms with E-state index in [1.807, 2.05) is 19.1 Å². The lowest BCUT2D eigenvalue weighted by atomic mass is 9.85. The number of likely N-dealkylation sites (tertiary alicyclic amines) is 1. The van der Waals surface area contributed by atoms with Gasteiger partial charge in [-0.25, -0.2) is 9.18 Å².